The standard InChI is InChI=1S/C22H26Br2N2O2S/c1-5-22(2,3)12-6-7-13-16(10-12)29-21-17(13)20(27)25-19(26-21)11-8-14(23)18(28-4)15(24)9-11/h8-9,12,19,26H,5-7,10H2,1-4H3,(H,25,27)/t12-,19+/m0/s1. The largest absolute Gasteiger partial charge is 0.494 e. The number of fused-ring (bicyclic) bond motifs is 3. The number of methoxy groups -OCH3 is 1. The lowest BCUT2D eigenvalue weighted by Crippen LogP contribution is -2.38. The van der Waals surface area contributed by atoms with E-state index in [-0.39, 0.29) is 12.1 Å². The molecule has 4 rings (SSSR count). The first kappa shape index (κ1) is 21.2. The average Bonchev–Trinajstić information content (AvgIpc) is 3.05. The Bertz CT molecular complexity index is 947. The Labute approximate surface area is 193 Å². The lowest BCUT2D eigenvalue weighted by Gasteiger charge is -2.36. The predicted octanol–water partition coefficient (Wildman–Crippen LogP) is 6.68. The average molecular weight is 542 g/mol. The molecule has 2 N–H and O–H groups in total. The molecule has 1 aliphatic carbocycles. The van der Waals surface area contributed by atoms with Crippen LogP contribution in [0.3, 0.4) is 0 Å². The van der Waals surface area contributed by atoms with E-state index in [1.54, 1.807) is 18.4 Å². The first-order valence-electron chi connectivity index (χ1n) is 10.00. The number of halogens is 2. The van der Waals surface area contributed by atoms with Gasteiger partial charge in [-0.1, -0.05) is 27.2 Å². The summed E-state index contributed by atoms with van der Waals surface area (Å²) in [6.45, 7) is 7.02. The van der Waals surface area contributed by atoms with Gasteiger partial charge < -0.3 is 15.4 Å². The smallest absolute Gasteiger partial charge is 0.256 e. The maximum Gasteiger partial charge on any atom is 0.256 e. The third-order valence-electron chi connectivity index (χ3n) is 6.62. The molecule has 0 bridgehead atoms. The summed E-state index contributed by atoms with van der Waals surface area (Å²) in [5, 5.41) is 7.71. The molecule has 2 atom stereocenters. The highest BCUT2D eigenvalue weighted by molar-refractivity contribution is 9.11. The molecule has 4 nitrogen and oxygen atoms in total. The van der Waals surface area contributed by atoms with Crippen molar-refractivity contribution in [1.29, 1.82) is 0 Å². The minimum absolute atomic E-state index is 0.0255. The third kappa shape index (κ3) is 3.74. The van der Waals surface area contributed by atoms with Crippen molar-refractivity contribution in [2.24, 2.45) is 11.3 Å². The van der Waals surface area contributed by atoms with Crippen LogP contribution in [0.15, 0.2) is 21.1 Å². The molecule has 0 saturated carbocycles. The number of carbonyl (C=O) groups is 1. The van der Waals surface area contributed by atoms with Crippen LogP contribution in [0.1, 0.15) is 66.1 Å². The maximum atomic E-state index is 13.0. The number of rotatable bonds is 4. The van der Waals surface area contributed by atoms with Crippen molar-refractivity contribution in [3.63, 3.8) is 0 Å². The van der Waals surface area contributed by atoms with Crippen LogP contribution in [0.5, 0.6) is 5.75 Å². The number of amides is 1. The summed E-state index contributed by atoms with van der Waals surface area (Å²) >= 11 is 8.88. The van der Waals surface area contributed by atoms with Gasteiger partial charge in [-0.3, -0.25) is 4.79 Å². The zero-order valence-electron chi connectivity index (χ0n) is 17.1. The summed E-state index contributed by atoms with van der Waals surface area (Å²) in [7, 11) is 1.64. The highest BCUT2D eigenvalue weighted by Gasteiger charge is 2.37. The molecule has 0 radical (unpaired) electrons. The van der Waals surface area contributed by atoms with Crippen molar-refractivity contribution in [2.75, 3.05) is 12.4 Å². The normalized spacial score (nSPS) is 21.1. The zero-order valence-corrected chi connectivity index (χ0v) is 21.1. The van der Waals surface area contributed by atoms with Crippen molar-refractivity contribution in [1.82, 2.24) is 5.32 Å². The summed E-state index contributed by atoms with van der Waals surface area (Å²) in [5.41, 5.74) is 3.43. The van der Waals surface area contributed by atoms with E-state index in [1.807, 2.05) is 12.1 Å². The van der Waals surface area contributed by atoms with Gasteiger partial charge in [0.2, 0.25) is 0 Å². The Kier molecular flexibility index (Phi) is 5.77. The molecule has 2 heterocycles. The number of hydrogen-bond donors (Lipinski definition) is 2. The van der Waals surface area contributed by atoms with Crippen LogP contribution in [0.25, 0.3) is 0 Å². The van der Waals surface area contributed by atoms with Crippen LogP contribution in [0.4, 0.5) is 5.00 Å². The van der Waals surface area contributed by atoms with Crippen LogP contribution in [-0.2, 0) is 12.8 Å². The highest BCUT2D eigenvalue weighted by atomic mass is 79.9. The summed E-state index contributed by atoms with van der Waals surface area (Å²) in [6, 6.07) is 3.97. The molecule has 1 amide bonds. The van der Waals surface area contributed by atoms with Gasteiger partial charge in [-0.2, -0.15) is 0 Å². The van der Waals surface area contributed by atoms with Crippen LogP contribution in [-0.4, -0.2) is 13.0 Å². The van der Waals surface area contributed by atoms with E-state index in [1.165, 1.54) is 16.9 Å². The summed E-state index contributed by atoms with van der Waals surface area (Å²) in [5.74, 6) is 1.44. The molecule has 156 valence electrons. The summed E-state index contributed by atoms with van der Waals surface area (Å²) < 4.78 is 7.09. The fraction of sp³-hybridized carbons (Fsp3) is 0.500. The second-order valence-corrected chi connectivity index (χ2v) is 11.4. The van der Waals surface area contributed by atoms with Crippen molar-refractivity contribution in [3.8, 4) is 5.75 Å². The first-order chi connectivity index (χ1) is 13.7. The van der Waals surface area contributed by atoms with Crippen LogP contribution in [0, 0.1) is 11.3 Å². The van der Waals surface area contributed by atoms with Gasteiger partial charge in [0, 0.05) is 4.88 Å². The Hall–Kier alpha value is -1.05. The molecule has 2 aromatic rings. The van der Waals surface area contributed by atoms with E-state index in [0.717, 1.165) is 50.1 Å². The van der Waals surface area contributed by atoms with Gasteiger partial charge in [0.25, 0.3) is 5.91 Å². The number of nitrogens with one attached hydrogen (secondary N) is 2. The molecule has 29 heavy (non-hydrogen) atoms. The molecule has 0 saturated heterocycles. The van der Waals surface area contributed by atoms with Gasteiger partial charge in [-0.15, -0.1) is 11.3 Å². The number of anilines is 1. The zero-order chi connectivity index (χ0) is 20.9. The van der Waals surface area contributed by atoms with E-state index in [4.69, 9.17) is 4.74 Å². The minimum atomic E-state index is -0.267. The minimum Gasteiger partial charge on any atom is -0.494 e. The van der Waals surface area contributed by atoms with E-state index in [0.29, 0.717) is 11.3 Å². The van der Waals surface area contributed by atoms with E-state index >= 15 is 0 Å². The molecule has 0 fully saturated rings. The third-order valence-corrected chi connectivity index (χ3v) is 8.98. The van der Waals surface area contributed by atoms with Crippen LogP contribution in [0.2, 0.25) is 0 Å². The van der Waals surface area contributed by atoms with Gasteiger partial charge in [-0.25, -0.2) is 0 Å². The molecule has 0 spiro atoms. The predicted molar refractivity (Wildman–Crippen MR) is 126 cm³/mol. The van der Waals surface area contributed by atoms with Gasteiger partial charge in [0.15, 0.2) is 0 Å². The topological polar surface area (TPSA) is 50.4 Å². The van der Waals surface area contributed by atoms with Crippen molar-refractivity contribution >= 4 is 54.1 Å². The highest BCUT2D eigenvalue weighted by Crippen LogP contribution is 2.47. The number of thiophene rings is 1. The van der Waals surface area contributed by atoms with Gasteiger partial charge in [0.05, 0.1) is 21.6 Å². The van der Waals surface area contributed by atoms with Crippen molar-refractivity contribution in [2.45, 2.75) is 52.6 Å². The SMILES string of the molecule is CCC(C)(C)[C@H]1CCc2c(sc3c2C(=O)N[C@@H](c2cc(Br)c(OC)c(Br)c2)N3)C1. The summed E-state index contributed by atoms with van der Waals surface area (Å²) in [4.78, 5) is 14.4. The molecule has 1 aliphatic heterocycles. The quantitative estimate of drug-likeness (QED) is 0.454. The Morgan fingerprint density at radius 1 is 1.24 bits per heavy atom. The number of ether oxygens (including phenoxy) is 1. The van der Waals surface area contributed by atoms with Gasteiger partial charge in [0.1, 0.15) is 16.9 Å². The fourth-order valence-electron chi connectivity index (χ4n) is 4.36. The van der Waals surface area contributed by atoms with Crippen LogP contribution < -0.4 is 15.4 Å². The maximum absolute atomic E-state index is 13.0. The van der Waals surface area contributed by atoms with E-state index in [9.17, 15) is 4.79 Å². The Morgan fingerprint density at radius 3 is 2.55 bits per heavy atom. The molecular formula is C22H26Br2N2O2S. The number of carbonyl (C=O) groups excluding carboxylic acids is 1. The second kappa shape index (κ2) is 7.89. The van der Waals surface area contributed by atoms with E-state index < -0.39 is 0 Å². The molecule has 1 aromatic heterocycles. The van der Waals surface area contributed by atoms with E-state index in [2.05, 4.69) is 63.3 Å². The monoisotopic (exact) mass is 540 g/mol. The van der Waals surface area contributed by atoms with Gasteiger partial charge in [-0.05, 0) is 85.7 Å². The second-order valence-electron chi connectivity index (χ2n) is 8.56. The van der Waals surface area contributed by atoms with Gasteiger partial charge >= 0.3 is 0 Å². The molecule has 1 aromatic carbocycles. The molecule has 2 aliphatic rings. The Balaban J connectivity index is 1.64. The Morgan fingerprint density at radius 2 is 1.93 bits per heavy atom. The fourth-order valence-corrected chi connectivity index (χ4v) is 7.26. The molecular weight excluding hydrogens is 516 g/mol. The molecule has 0 unspecified atom stereocenters. The number of hydrogen-bond acceptors (Lipinski definition) is 4. The van der Waals surface area contributed by atoms with Crippen molar-refractivity contribution < 1.29 is 9.53 Å². The summed E-state index contributed by atoms with van der Waals surface area (Å²) in [6.07, 6.45) is 4.14. The lowest BCUT2D eigenvalue weighted by molar-refractivity contribution is 0.0934. The molecule has 7 heteroatoms. The first-order valence-corrected chi connectivity index (χ1v) is 12.4. The number of benzene rings is 1. The lowest BCUT2D eigenvalue weighted by atomic mass is 9.69. The van der Waals surface area contributed by atoms with Crippen molar-refractivity contribution in [3.05, 3.63) is 42.6 Å². The van der Waals surface area contributed by atoms with Crippen LogP contribution >= 0.6 is 43.2 Å².